The van der Waals surface area contributed by atoms with Crippen molar-refractivity contribution in [3.8, 4) is 0 Å². The van der Waals surface area contributed by atoms with Crippen molar-refractivity contribution in [1.29, 1.82) is 0 Å². The van der Waals surface area contributed by atoms with Gasteiger partial charge in [0, 0.05) is 17.6 Å². The van der Waals surface area contributed by atoms with E-state index in [9.17, 15) is 20.1 Å². The number of aliphatic hydroxyl groups excluding tert-OH is 3. The number of hydrogen-bond donors (Lipinski definition) is 5. The Bertz CT molecular complexity index is 1310. The van der Waals surface area contributed by atoms with Crippen molar-refractivity contribution in [3.05, 3.63) is 48.7 Å². The number of fused-ring (bicyclic) bond motifs is 2. The van der Waals surface area contributed by atoms with Crippen molar-refractivity contribution in [2.75, 3.05) is 18.5 Å². The van der Waals surface area contributed by atoms with Crippen molar-refractivity contribution in [3.63, 3.8) is 0 Å². The molecule has 184 valence electrons. The maximum absolute atomic E-state index is 12.8. The molecule has 0 bridgehead atoms. The molecule has 1 fully saturated rings. The molecule has 0 radical (unpaired) electrons. The molecule has 5 rings (SSSR count). The van der Waals surface area contributed by atoms with E-state index in [2.05, 4.69) is 25.3 Å². The second-order valence-corrected chi connectivity index (χ2v) is 8.31. The van der Waals surface area contributed by atoms with Crippen molar-refractivity contribution in [2.24, 2.45) is 0 Å². The molecule has 12 heteroatoms. The van der Waals surface area contributed by atoms with E-state index < -0.39 is 43.2 Å². The highest BCUT2D eigenvalue weighted by atomic mass is 16.6. The van der Waals surface area contributed by atoms with Gasteiger partial charge >= 0.3 is 5.97 Å². The zero-order valence-corrected chi connectivity index (χ0v) is 18.9. The van der Waals surface area contributed by atoms with E-state index >= 15 is 0 Å². The minimum Gasteiger partial charge on any atom is -0.464 e. The molecule has 0 amide bonds. The number of carbonyl (C=O) groups is 1. The van der Waals surface area contributed by atoms with Gasteiger partial charge in [0.15, 0.2) is 23.2 Å². The van der Waals surface area contributed by atoms with Crippen LogP contribution >= 0.6 is 0 Å². The third-order valence-corrected chi connectivity index (χ3v) is 6.04. The maximum Gasteiger partial charge on any atom is 0.328 e. The van der Waals surface area contributed by atoms with E-state index in [1.54, 1.807) is 6.92 Å². The van der Waals surface area contributed by atoms with Crippen LogP contribution in [-0.2, 0) is 20.7 Å². The second kappa shape index (κ2) is 9.58. The molecule has 35 heavy (non-hydrogen) atoms. The quantitative estimate of drug-likeness (QED) is 0.223. The lowest BCUT2D eigenvalue weighted by molar-refractivity contribution is -0.144. The number of esters is 1. The Morgan fingerprint density at radius 3 is 2.83 bits per heavy atom. The molecule has 3 aromatic heterocycles. The highest BCUT2D eigenvalue weighted by molar-refractivity contribution is 5.87. The molecule has 1 aliphatic rings. The molecule has 0 spiro atoms. The summed E-state index contributed by atoms with van der Waals surface area (Å²) in [7, 11) is 0. The lowest BCUT2D eigenvalue weighted by Crippen LogP contribution is -2.34. The monoisotopic (exact) mass is 482 g/mol. The third-order valence-electron chi connectivity index (χ3n) is 6.04. The van der Waals surface area contributed by atoms with Crippen molar-refractivity contribution in [2.45, 2.75) is 43.9 Å². The molecule has 1 aliphatic heterocycles. The van der Waals surface area contributed by atoms with Gasteiger partial charge in [-0.1, -0.05) is 18.2 Å². The van der Waals surface area contributed by atoms with Crippen LogP contribution in [-0.4, -0.2) is 83.4 Å². The van der Waals surface area contributed by atoms with Crippen LogP contribution in [0, 0.1) is 0 Å². The molecule has 5 N–H and O–H groups in total. The second-order valence-electron chi connectivity index (χ2n) is 8.31. The Balaban J connectivity index is 1.44. The Hall–Kier alpha value is -3.58. The summed E-state index contributed by atoms with van der Waals surface area (Å²) in [6.45, 7) is 1.52. The number of aromatic nitrogens is 5. The van der Waals surface area contributed by atoms with E-state index in [-0.39, 0.29) is 6.61 Å². The fourth-order valence-electron chi connectivity index (χ4n) is 4.32. The van der Waals surface area contributed by atoms with Crippen LogP contribution in [0.3, 0.4) is 0 Å². The van der Waals surface area contributed by atoms with Crippen molar-refractivity contribution < 1.29 is 29.6 Å². The smallest absolute Gasteiger partial charge is 0.328 e. The van der Waals surface area contributed by atoms with Crippen molar-refractivity contribution in [1.82, 2.24) is 24.5 Å². The molecule has 0 unspecified atom stereocenters. The van der Waals surface area contributed by atoms with Gasteiger partial charge in [0.05, 0.1) is 19.5 Å². The van der Waals surface area contributed by atoms with Gasteiger partial charge in [-0.25, -0.2) is 19.7 Å². The number of ether oxygens (including phenoxy) is 2. The molecule has 4 aromatic rings. The highest BCUT2D eigenvalue weighted by Crippen LogP contribution is 2.32. The molecule has 4 heterocycles. The van der Waals surface area contributed by atoms with Crippen LogP contribution in [0.5, 0.6) is 0 Å². The van der Waals surface area contributed by atoms with Gasteiger partial charge in [-0.15, -0.1) is 0 Å². The van der Waals surface area contributed by atoms with Crippen LogP contribution in [0.15, 0.2) is 43.0 Å². The Morgan fingerprint density at radius 2 is 2.09 bits per heavy atom. The predicted molar refractivity (Wildman–Crippen MR) is 124 cm³/mol. The number of aliphatic hydroxyl groups is 3. The van der Waals surface area contributed by atoms with Crippen molar-refractivity contribution >= 4 is 33.9 Å². The molecule has 0 aliphatic carbocycles. The summed E-state index contributed by atoms with van der Waals surface area (Å²) >= 11 is 0. The highest BCUT2D eigenvalue weighted by Gasteiger charge is 2.44. The summed E-state index contributed by atoms with van der Waals surface area (Å²) in [4.78, 5) is 29.0. The fourth-order valence-corrected chi connectivity index (χ4v) is 4.32. The molecule has 0 saturated carbocycles. The number of imidazole rings is 1. The lowest BCUT2D eigenvalue weighted by Gasteiger charge is -2.18. The molecule has 5 atom stereocenters. The summed E-state index contributed by atoms with van der Waals surface area (Å²) in [6.07, 6.45) is -1.46. The largest absolute Gasteiger partial charge is 0.464 e. The fraction of sp³-hybridized carbons (Fsp3) is 0.391. The Morgan fingerprint density at radius 1 is 1.26 bits per heavy atom. The van der Waals surface area contributed by atoms with Crippen LogP contribution in [0.2, 0.25) is 0 Å². The minimum atomic E-state index is -1.29. The van der Waals surface area contributed by atoms with Gasteiger partial charge in [-0.2, -0.15) is 0 Å². The number of nitrogens with zero attached hydrogens (tertiary/aromatic N) is 4. The maximum atomic E-state index is 12.8. The van der Waals surface area contributed by atoms with E-state index in [4.69, 9.17) is 9.47 Å². The lowest BCUT2D eigenvalue weighted by atomic mass is 10.1. The van der Waals surface area contributed by atoms with Gasteiger partial charge < -0.3 is 35.1 Å². The van der Waals surface area contributed by atoms with Crippen LogP contribution in [0.25, 0.3) is 22.1 Å². The number of benzene rings is 1. The van der Waals surface area contributed by atoms with Crippen LogP contribution < -0.4 is 5.32 Å². The van der Waals surface area contributed by atoms with E-state index in [0.717, 1.165) is 16.6 Å². The number of hydrogen-bond acceptors (Lipinski definition) is 10. The van der Waals surface area contributed by atoms with E-state index in [0.29, 0.717) is 23.4 Å². The summed E-state index contributed by atoms with van der Waals surface area (Å²) in [5, 5.41) is 34.1. The molecular weight excluding hydrogens is 456 g/mol. The van der Waals surface area contributed by atoms with Crippen LogP contribution in [0.1, 0.15) is 18.8 Å². The van der Waals surface area contributed by atoms with Crippen LogP contribution in [0.4, 0.5) is 5.82 Å². The first-order valence-corrected chi connectivity index (χ1v) is 11.3. The van der Waals surface area contributed by atoms with Gasteiger partial charge in [0.1, 0.15) is 30.7 Å². The zero-order chi connectivity index (χ0) is 24.5. The Labute approximate surface area is 199 Å². The summed E-state index contributed by atoms with van der Waals surface area (Å²) in [5.41, 5.74) is 2.48. The standard InChI is InChI=1S/C23H26N6O6/c1-2-34-23(33)15(8-13-7-12-5-3-4-6-14(12)27-13)28-20-17-21(25-10-24-20)29(11-26-17)22-19(32)18(31)16(9-30)35-22/h3-7,10-11,15-16,18-19,22,27,30-32H,2,8-9H2,1H3,(H,24,25,28)/t15-,16-,18-,19-,22-/m1/s1. The van der Waals surface area contributed by atoms with Gasteiger partial charge in [0.2, 0.25) is 0 Å². The minimum absolute atomic E-state index is 0.225. The van der Waals surface area contributed by atoms with E-state index in [1.165, 1.54) is 17.2 Å². The molecular formula is C23H26N6O6. The number of H-pyrrole nitrogens is 1. The normalized spacial score (nSPS) is 23.1. The third kappa shape index (κ3) is 4.32. The predicted octanol–water partition coefficient (Wildman–Crippen LogP) is 0.505. The first-order valence-electron chi connectivity index (χ1n) is 11.3. The van der Waals surface area contributed by atoms with Gasteiger partial charge in [0.25, 0.3) is 0 Å². The number of anilines is 1. The average Bonchev–Trinajstić information content (AvgIpc) is 3.55. The summed E-state index contributed by atoms with van der Waals surface area (Å²) in [5.74, 6) is -0.143. The number of carbonyl (C=O) groups excluding carboxylic acids is 1. The summed E-state index contributed by atoms with van der Waals surface area (Å²) < 4.78 is 12.3. The van der Waals surface area contributed by atoms with Gasteiger partial charge in [-0.05, 0) is 24.4 Å². The molecule has 1 saturated heterocycles. The molecule has 12 nitrogen and oxygen atoms in total. The number of nitrogens with one attached hydrogen (secondary N) is 2. The number of para-hydroxylation sites is 1. The first kappa shape index (κ1) is 23.2. The number of aromatic amines is 1. The number of rotatable bonds is 8. The molecule has 1 aromatic carbocycles. The topological polar surface area (TPSA) is 168 Å². The van der Waals surface area contributed by atoms with Gasteiger partial charge in [-0.3, -0.25) is 4.57 Å². The average molecular weight is 482 g/mol. The Kier molecular flexibility index (Phi) is 6.34. The SMILES string of the molecule is CCOC(=O)[C@@H](Cc1cc2ccccc2[nH]1)Nc1ncnc2c1ncn2[C@@H]1O[C@H](CO)[C@@H](O)[C@H]1O. The zero-order valence-electron chi connectivity index (χ0n) is 18.9. The first-order chi connectivity index (χ1) is 17.0. The summed E-state index contributed by atoms with van der Waals surface area (Å²) in [6, 6.07) is 9.05. The van der Waals surface area contributed by atoms with E-state index in [1.807, 2.05) is 30.3 Å².